The molecule has 0 saturated heterocycles. The summed E-state index contributed by atoms with van der Waals surface area (Å²) in [7, 11) is 0. The topological polar surface area (TPSA) is 38.0 Å². The van der Waals surface area contributed by atoms with Crippen LogP contribution in [0.4, 0.5) is 5.69 Å². The van der Waals surface area contributed by atoms with Crippen LogP contribution in [0.25, 0.3) is 0 Å². The quantitative estimate of drug-likeness (QED) is 0.842. The monoisotopic (exact) mass is 272 g/mol. The summed E-state index contributed by atoms with van der Waals surface area (Å²) in [6.45, 7) is 0. The van der Waals surface area contributed by atoms with Gasteiger partial charge < -0.3 is 11.1 Å². The second-order valence-corrected chi connectivity index (χ2v) is 4.58. The highest BCUT2D eigenvalue weighted by molar-refractivity contribution is 7.81. The summed E-state index contributed by atoms with van der Waals surface area (Å²) in [4.78, 5) is 1.01. The summed E-state index contributed by atoms with van der Waals surface area (Å²) in [6.07, 6.45) is 0. The van der Waals surface area contributed by atoms with Gasteiger partial charge in [0.25, 0.3) is 0 Å². The minimum absolute atomic E-state index is 0.356. The molecule has 18 heavy (non-hydrogen) atoms. The molecule has 4 heteroatoms. The molecule has 0 fully saturated rings. The number of rotatable bonds is 3. The van der Waals surface area contributed by atoms with E-state index in [9.17, 15) is 0 Å². The Bertz CT molecular complexity index is 579. The first kappa shape index (κ1) is 12.7. The molecule has 3 N–H and O–H groups in total. The Labute approximate surface area is 117 Å². The van der Waals surface area contributed by atoms with Crippen LogP contribution in [0.2, 0.25) is 0 Å². The molecule has 2 rings (SSSR count). The molecule has 0 bridgehead atoms. The molecule has 0 spiro atoms. The number of benzene rings is 2. The molecule has 90 valence electrons. The number of anilines is 1. The molecule has 0 saturated carbocycles. The maximum atomic E-state index is 5.68. The lowest BCUT2D eigenvalue weighted by molar-refractivity contribution is 1.57. The lowest BCUT2D eigenvalue weighted by Crippen LogP contribution is -2.16. The van der Waals surface area contributed by atoms with Gasteiger partial charge in [-0.15, -0.1) is 0 Å². The van der Waals surface area contributed by atoms with Crippen LogP contribution in [0.1, 0.15) is 11.1 Å². The second-order valence-electron chi connectivity index (χ2n) is 3.73. The Hall–Kier alpha value is -1.78. The minimum Gasteiger partial charge on any atom is -0.389 e. The lowest BCUT2D eigenvalue weighted by Gasteiger charge is -2.11. The third-order valence-electron chi connectivity index (χ3n) is 2.48. The second kappa shape index (κ2) is 5.71. The van der Waals surface area contributed by atoms with Gasteiger partial charge in [0, 0.05) is 16.8 Å². The number of para-hydroxylation sites is 1. The average Bonchev–Trinajstić information content (AvgIpc) is 2.40. The molecule has 0 heterocycles. The lowest BCUT2D eigenvalue weighted by atomic mass is 10.1. The molecule has 0 amide bonds. The van der Waals surface area contributed by atoms with Crippen molar-refractivity contribution >= 4 is 40.1 Å². The van der Waals surface area contributed by atoms with Gasteiger partial charge >= 0.3 is 0 Å². The van der Waals surface area contributed by atoms with Crippen molar-refractivity contribution in [3.05, 3.63) is 65.7 Å². The van der Waals surface area contributed by atoms with Gasteiger partial charge in [-0.1, -0.05) is 66.9 Å². The van der Waals surface area contributed by atoms with Crippen molar-refractivity contribution in [1.29, 1.82) is 0 Å². The zero-order valence-corrected chi connectivity index (χ0v) is 11.2. The summed E-state index contributed by atoms with van der Waals surface area (Å²) in [5.74, 6) is 0. The van der Waals surface area contributed by atoms with E-state index in [1.54, 1.807) is 0 Å². The fourth-order valence-electron chi connectivity index (χ4n) is 1.59. The number of thiocarbonyl (C=S) groups is 2. The first-order valence-electron chi connectivity index (χ1n) is 5.43. The number of hydrogen-bond acceptors (Lipinski definition) is 2. The number of hydrogen-bond donors (Lipinski definition) is 2. The van der Waals surface area contributed by atoms with Gasteiger partial charge in [0.2, 0.25) is 0 Å². The fourth-order valence-corrected chi connectivity index (χ4v) is 2.02. The van der Waals surface area contributed by atoms with E-state index < -0.39 is 0 Å². The van der Waals surface area contributed by atoms with Crippen LogP contribution >= 0.6 is 24.4 Å². The van der Waals surface area contributed by atoms with Crippen molar-refractivity contribution in [2.75, 3.05) is 5.32 Å². The van der Waals surface area contributed by atoms with E-state index in [4.69, 9.17) is 30.2 Å². The van der Waals surface area contributed by atoms with E-state index in [2.05, 4.69) is 5.32 Å². The third kappa shape index (κ3) is 2.91. The molecular formula is C14H12N2S2. The average molecular weight is 272 g/mol. The van der Waals surface area contributed by atoms with E-state index in [0.29, 0.717) is 9.98 Å². The van der Waals surface area contributed by atoms with E-state index in [-0.39, 0.29) is 0 Å². The molecule has 0 radical (unpaired) electrons. The predicted molar refractivity (Wildman–Crippen MR) is 84.1 cm³/mol. The smallest absolute Gasteiger partial charge is 0.111 e. The zero-order valence-electron chi connectivity index (χ0n) is 9.59. The zero-order chi connectivity index (χ0) is 13.0. The van der Waals surface area contributed by atoms with Crippen molar-refractivity contribution in [2.45, 2.75) is 0 Å². The van der Waals surface area contributed by atoms with Gasteiger partial charge in [-0.3, -0.25) is 0 Å². The highest BCUT2D eigenvalue weighted by Gasteiger charge is 2.06. The summed E-state index contributed by atoms with van der Waals surface area (Å²) in [5.41, 5.74) is 8.27. The Morgan fingerprint density at radius 2 is 1.50 bits per heavy atom. The molecule has 0 aliphatic heterocycles. The van der Waals surface area contributed by atoms with Crippen LogP contribution < -0.4 is 11.1 Å². The van der Waals surface area contributed by atoms with Crippen LogP contribution in [0, 0.1) is 0 Å². The van der Waals surface area contributed by atoms with Crippen LogP contribution in [0.3, 0.4) is 0 Å². The number of nitrogens with two attached hydrogens (primary N) is 1. The van der Waals surface area contributed by atoms with E-state index >= 15 is 0 Å². The molecular weight excluding hydrogens is 260 g/mol. The van der Waals surface area contributed by atoms with Gasteiger partial charge in [0.1, 0.15) is 9.98 Å². The Morgan fingerprint density at radius 1 is 0.889 bits per heavy atom. The predicted octanol–water partition coefficient (Wildman–Crippen LogP) is 3.11. The van der Waals surface area contributed by atoms with E-state index in [0.717, 1.165) is 16.8 Å². The highest BCUT2D eigenvalue weighted by Crippen LogP contribution is 2.16. The molecule has 0 aliphatic rings. The van der Waals surface area contributed by atoms with Crippen molar-refractivity contribution in [3.8, 4) is 0 Å². The van der Waals surface area contributed by atoms with E-state index in [1.807, 2.05) is 54.6 Å². The largest absolute Gasteiger partial charge is 0.389 e. The van der Waals surface area contributed by atoms with Crippen molar-refractivity contribution < 1.29 is 0 Å². The van der Waals surface area contributed by atoms with Crippen LogP contribution in [0.15, 0.2) is 54.6 Å². The fraction of sp³-hybridized carbons (Fsp3) is 0. The summed E-state index contributed by atoms with van der Waals surface area (Å²) in [5, 5.41) is 3.17. The Kier molecular flexibility index (Phi) is 4.02. The molecule has 0 aromatic heterocycles. The van der Waals surface area contributed by atoms with Crippen LogP contribution in [-0.4, -0.2) is 9.98 Å². The van der Waals surface area contributed by atoms with Crippen molar-refractivity contribution in [3.63, 3.8) is 0 Å². The molecule has 0 atom stereocenters. The first-order chi connectivity index (χ1) is 8.68. The molecule has 0 aliphatic carbocycles. The highest BCUT2D eigenvalue weighted by atomic mass is 32.1. The van der Waals surface area contributed by atoms with Gasteiger partial charge in [-0.2, -0.15) is 0 Å². The SMILES string of the molecule is NC(=S)c1ccccc1NC(=S)c1ccccc1. The Balaban J connectivity index is 2.25. The van der Waals surface area contributed by atoms with Gasteiger partial charge in [-0.05, 0) is 12.1 Å². The van der Waals surface area contributed by atoms with Gasteiger partial charge in [-0.25, -0.2) is 0 Å². The third-order valence-corrected chi connectivity index (χ3v) is 3.03. The summed E-state index contributed by atoms with van der Waals surface area (Å²) in [6, 6.07) is 17.4. The minimum atomic E-state index is 0.356. The van der Waals surface area contributed by atoms with Crippen molar-refractivity contribution in [2.24, 2.45) is 5.73 Å². The standard InChI is InChI=1S/C14H12N2S2/c15-13(17)11-8-4-5-9-12(11)16-14(18)10-6-2-1-3-7-10/h1-9H,(H2,15,17)(H,16,18). The summed E-state index contributed by atoms with van der Waals surface area (Å²) >= 11 is 10.4. The molecule has 2 aromatic rings. The molecule has 0 unspecified atom stereocenters. The maximum Gasteiger partial charge on any atom is 0.111 e. The van der Waals surface area contributed by atoms with Gasteiger partial charge in [0.15, 0.2) is 0 Å². The van der Waals surface area contributed by atoms with Gasteiger partial charge in [0.05, 0.1) is 0 Å². The summed E-state index contributed by atoms with van der Waals surface area (Å²) < 4.78 is 0. The first-order valence-corrected chi connectivity index (χ1v) is 6.25. The maximum absolute atomic E-state index is 5.68. The molecule has 2 nitrogen and oxygen atoms in total. The molecule has 2 aromatic carbocycles. The van der Waals surface area contributed by atoms with Crippen LogP contribution in [0.5, 0.6) is 0 Å². The number of nitrogens with one attached hydrogen (secondary N) is 1. The normalized spacial score (nSPS) is 9.78. The van der Waals surface area contributed by atoms with Crippen molar-refractivity contribution in [1.82, 2.24) is 0 Å². The Morgan fingerprint density at radius 3 is 2.17 bits per heavy atom. The van der Waals surface area contributed by atoms with E-state index in [1.165, 1.54) is 0 Å². The van der Waals surface area contributed by atoms with Crippen LogP contribution in [-0.2, 0) is 0 Å².